The van der Waals surface area contributed by atoms with Crippen molar-refractivity contribution in [3.8, 4) is 17.3 Å². The van der Waals surface area contributed by atoms with E-state index in [1.54, 1.807) is 18.2 Å². The van der Waals surface area contributed by atoms with Crippen LogP contribution in [0.4, 0.5) is 0 Å². The Morgan fingerprint density at radius 1 is 0.973 bits per heavy atom. The van der Waals surface area contributed by atoms with Crippen LogP contribution in [0.15, 0.2) is 53.5 Å². The summed E-state index contributed by atoms with van der Waals surface area (Å²) in [5.41, 5.74) is 2.46. The Bertz CT molecular complexity index is 1140. The Balaban J connectivity index is 1.17. The van der Waals surface area contributed by atoms with Crippen LogP contribution in [0.25, 0.3) is 5.69 Å². The number of hydrogen-bond acceptors (Lipinski definition) is 7. The van der Waals surface area contributed by atoms with Gasteiger partial charge in [0.25, 0.3) is 0 Å². The molecular weight excluding hydrogens is 474 g/mol. The molecule has 0 radical (unpaired) electrons. The van der Waals surface area contributed by atoms with Gasteiger partial charge in [-0.05, 0) is 67.6 Å². The average Bonchev–Trinajstić information content (AvgIpc) is 3.24. The van der Waals surface area contributed by atoms with E-state index in [0.29, 0.717) is 30.0 Å². The molecule has 0 saturated carbocycles. The number of unbranched alkanes of at least 4 members (excludes halogenated alkanes) is 4. The number of hydrogen-bond donors (Lipinski definition) is 6. The number of aromatic amines is 1. The minimum absolute atomic E-state index is 0.0359. The molecule has 0 aliphatic carbocycles. The van der Waals surface area contributed by atoms with Crippen LogP contribution < -0.4 is 11.0 Å². The number of nitrogens with zero attached hydrogens (tertiary/aromatic N) is 1. The third-order valence-corrected chi connectivity index (χ3v) is 6.32. The minimum Gasteiger partial charge on any atom is -0.508 e. The van der Waals surface area contributed by atoms with Gasteiger partial charge in [-0.1, -0.05) is 37.5 Å². The Morgan fingerprint density at radius 3 is 2.54 bits per heavy atom. The van der Waals surface area contributed by atoms with Gasteiger partial charge in [0.05, 0.1) is 24.6 Å². The van der Waals surface area contributed by atoms with Crippen LogP contribution in [0, 0.1) is 0 Å². The molecule has 1 atom stereocenters. The Kier molecular flexibility index (Phi) is 11.7. The number of H-pyrrole nitrogens is 1. The summed E-state index contributed by atoms with van der Waals surface area (Å²) in [6.45, 7) is 2.44. The van der Waals surface area contributed by atoms with Crippen molar-refractivity contribution in [2.24, 2.45) is 0 Å². The lowest BCUT2D eigenvalue weighted by atomic mass is 10.1. The SMILES string of the molecule is O=c1[nH]cc(O)n1-c1cccc(CCCOCCCCCCCNC[C@H](O)c2ccc(O)c(CO)c2)c1. The molecule has 3 aromatic rings. The molecule has 0 bridgehead atoms. The number of aliphatic hydroxyl groups excluding tert-OH is 2. The van der Waals surface area contributed by atoms with Crippen LogP contribution in [0.2, 0.25) is 0 Å². The highest BCUT2D eigenvalue weighted by molar-refractivity contribution is 5.39. The number of ether oxygens (including phenoxy) is 1. The number of rotatable bonds is 17. The van der Waals surface area contributed by atoms with Crippen molar-refractivity contribution in [3.05, 3.63) is 75.8 Å². The molecule has 1 aromatic heterocycles. The topological polar surface area (TPSA) is 140 Å². The first-order chi connectivity index (χ1) is 18.0. The zero-order valence-electron chi connectivity index (χ0n) is 21.2. The molecule has 202 valence electrons. The van der Waals surface area contributed by atoms with Gasteiger partial charge in [0.15, 0.2) is 0 Å². The minimum atomic E-state index is -0.677. The van der Waals surface area contributed by atoms with Crippen LogP contribution >= 0.6 is 0 Å². The summed E-state index contributed by atoms with van der Waals surface area (Å²) in [5.74, 6) is -0.0714. The molecule has 3 rings (SSSR count). The molecular formula is C28H39N3O6. The van der Waals surface area contributed by atoms with E-state index in [4.69, 9.17) is 4.74 Å². The van der Waals surface area contributed by atoms with Crippen LogP contribution in [-0.2, 0) is 17.8 Å². The van der Waals surface area contributed by atoms with E-state index in [-0.39, 0.29) is 23.9 Å². The van der Waals surface area contributed by atoms with E-state index in [1.807, 2.05) is 18.2 Å². The Labute approximate surface area is 217 Å². The zero-order chi connectivity index (χ0) is 26.5. The molecule has 6 N–H and O–H groups in total. The molecule has 0 spiro atoms. The van der Waals surface area contributed by atoms with Gasteiger partial charge in [-0.15, -0.1) is 0 Å². The highest BCUT2D eigenvalue weighted by atomic mass is 16.5. The number of aromatic hydroxyl groups is 2. The molecule has 0 unspecified atom stereocenters. The molecule has 0 amide bonds. The van der Waals surface area contributed by atoms with Crippen LogP contribution in [0.5, 0.6) is 11.6 Å². The maximum Gasteiger partial charge on any atom is 0.333 e. The molecule has 0 saturated heterocycles. The summed E-state index contributed by atoms with van der Waals surface area (Å²) in [6, 6.07) is 12.4. The van der Waals surface area contributed by atoms with Gasteiger partial charge in [-0.3, -0.25) is 0 Å². The van der Waals surface area contributed by atoms with E-state index in [1.165, 1.54) is 16.8 Å². The van der Waals surface area contributed by atoms with Crippen molar-refractivity contribution in [1.82, 2.24) is 14.9 Å². The van der Waals surface area contributed by atoms with Gasteiger partial charge in [-0.2, -0.15) is 0 Å². The zero-order valence-corrected chi connectivity index (χ0v) is 21.2. The molecule has 2 aromatic carbocycles. The van der Waals surface area contributed by atoms with Gasteiger partial charge < -0.3 is 35.5 Å². The van der Waals surface area contributed by atoms with E-state index < -0.39 is 6.10 Å². The molecule has 0 aliphatic heterocycles. The first kappa shape index (κ1) is 28.5. The molecule has 37 heavy (non-hydrogen) atoms. The quantitative estimate of drug-likeness (QED) is 0.152. The van der Waals surface area contributed by atoms with Crippen molar-refractivity contribution < 1.29 is 25.2 Å². The number of benzene rings is 2. The number of aryl methyl sites for hydroxylation is 1. The number of phenols is 1. The molecule has 0 fully saturated rings. The summed E-state index contributed by atoms with van der Waals surface area (Å²) in [6.07, 6.45) is 7.78. The van der Waals surface area contributed by atoms with Crippen molar-refractivity contribution >= 4 is 0 Å². The molecule has 9 heteroatoms. The predicted octanol–water partition coefficient (Wildman–Crippen LogP) is 3.29. The Hall–Kier alpha value is -3.11. The second kappa shape index (κ2) is 15.2. The number of aromatic nitrogens is 2. The van der Waals surface area contributed by atoms with Gasteiger partial charge in [0.1, 0.15) is 5.75 Å². The lowest BCUT2D eigenvalue weighted by Crippen LogP contribution is -2.22. The van der Waals surface area contributed by atoms with Crippen LogP contribution in [-0.4, -0.2) is 56.3 Å². The number of aliphatic hydroxyl groups is 2. The largest absolute Gasteiger partial charge is 0.508 e. The van der Waals surface area contributed by atoms with Gasteiger partial charge in [0.2, 0.25) is 5.88 Å². The summed E-state index contributed by atoms with van der Waals surface area (Å²) >= 11 is 0. The lowest BCUT2D eigenvalue weighted by Gasteiger charge is -2.14. The molecule has 0 aliphatic rings. The lowest BCUT2D eigenvalue weighted by molar-refractivity contribution is 0.127. The van der Waals surface area contributed by atoms with E-state index in [0.717, 1.165) is 63.7 Å². The molecule has 9 nitrogen and oxygen atoms in total. The third-order valence-electron chi connectivity index (χ3n) is 6.32. The number of imidazole rings is 1. The second-order valence-corrected chi connectivity index (χ2v) is 9.21. The van der Waals surface area contributed by atoms with E-state index >= 15 is 0 Å². The third kappa shape index (κ3) is 9.05. The van der Waals surface area contributed by atoms with Crippen molar-refractivity contribution in [1.29, 1.82) is 0 Å². The maximum atomic E-state index is 11.8. The first-order valence-corrected chi connectivity index (χ1v) is 13.0. The highest BCUT2D eigenvalue weighted by Gasteiger charge is 2.10. The van der Waals surface area contributed by atoms with E-state index in [9.17, 15) is 25.2 Å². The second-order valence-electron chi connectivity index (χ2n) is 9.21. The van der Waals surface area contributed by atoms with Gasteiger partial charge >= 0.3 is 5.69 Å². The van der Waals surface area contributed by atoms with Crippen molar-refractivity contribution in [2.45, 2.75) is 57.7 Å². The standard InChI is InChI=1S/C28H39N3O6/c32-20-23-17-22(11-12-25(23)33)26(34)18-29-13-4-2-1-3-5-14-37-15-7-9-21-8-6-10-24(16-21)31-27(35)19-30-28(31)36/h6,8,10-12,16-17,19,26,29,32-35H,1-5,7,9,13-15,18,20H2,(H,30,36)/t26-/m0/s1. The van der Waals surface area contributed by atoms with Gasteiger partial charge in [0, 0.05) is 25.3 Å². The summed E-state index contributed by atoms with van der Waals surface area (Å²) in [5, 5.41) is 42.2. The van der Waals surface area contributed by atoms with Gasteiger partial charge in [-0.25, -0.2) is 9.36 Å². The fourth-order valence-corrected chi connectivity index (χ4v) is 4.22. The summed E-state index contributed by atoms with van der Waals surface area (Å²) in [7, 11) is 0. The summed E-state index contributed by atoms with van der Waals surface area (Å²) < 4.78 is 7.00. The smallest absolute Gasteiger partial charge is 0.333 e. The summed E-state index contributed by atoms with van der Waals surface area (Å²) in [4.78, 5) is 14.3. The monoisotopic (exact) mass is 513 g/mol. The highest BCUT2D eigenvalue weighted by Crippen LogP contribution is 2.22. The maximum absolute atomic E-state index is 11.8. The van der Waals surface area contributed by atoms with Crippen molar-refractivity contribution in [3.63, 3.8) is 0 Å². The predicted molar refractivity (Wildman–Crippen MR) is 142 cm³/mol. The first-order valence-electron chi connectivity index (χ1n) is 13.0. The van der Waals surface area contributed by atoms with E-state index in [2.05, 4.69) is 10.3 Å². The fourth-order valence-electron chi connectivity index (χ4n) is 4.22. The fraction of sp³-hybridized carbons (Fsp3) is 0.464. The van der Waals surface area contributed by atoms with Crippen molar-refractivity contribution in [2.75, 3.05) is 26.3 Å². The molecule has 1 heterocycles. The average molecular weight is 514 g/mol. The Morgan fingerprint density at radius 2 is 1.76 bits per heavy atom. The van der Waals surface area contributed by atoms with Crippen LogP contribution in [0.3, 0.4) is 0 Å². The van der Waals surface area contributed by atoms with Crippen LogP contribution in [0.1, 0.15) is 61.3 Å². The number of nitrogens with one attached hydrogen (secondary N) is 2. The normalized spacial score (nSPS) is 12.2.